The van der Waals surface area contributed by atoms with Crippen LogP contribution in [0, 0.1) is 0 Å². The number of aromatic nitrogens is 2. The zero-order valence-electron chi connectivity index (χ0n) is 17.7. The molecule has 1 saturated heterocycles. The second-order valence-corrected chi connectivity index (χ2v) is 7.23. The second-order valence-electron chi connectivity index (χ2n) is 7.23. The lowest BCUT2D eigenvalue weighted by molar-refractivity contribution is -0.140. The number of nitrogens with zero attached hydrogens (tertiary/aromatic N) is 3. The van der Waals surface area contributed by atoms with E-state index in [1.165, 1.54) is 25.4 Å². The Hall–Kier alpha value is -4.01. The summed E-state index contributed by atoms with van der Waals surface area (Å²) in [5.74, 6) is -0.565. The summed E-state index contributed by atoms with van der Waals surface area (Å²) < 4.78 is 18.0. The number of ether oxygens (including phenoxy) is 2. The summed E-state index contributed by atoms with van der Waals surface area (Å²) in [4.78, 5) is 31.4. The second kappa shape index (κ2) is 9.01. The largest absolute Gasteiger partial charge is 0.507 e. The molecular weight excluding hydrogens is 414 g/mol. The van der Waals surface area contributed by atoms with Crippen LogP contribution in [-0.4, -0.2) is 52.0 Å². The van der Waals surface area contributed by atoms with Gasteiger partial charge in [-0.1, -0.05) is 0 Å². The summed E-state index contributed by atoms with van der Waals surface area (Å²) in [5, 5.41) is 11.2. The van der Waals surface area contributed by atoms with E-state index >= 15 is 0 Å². The molecule has 0 aliphatic carbocycles. The fraction of sp³-hybridized carbons (Fsp3) is 0.261. The normalized spacial score (nSPS) is 17.7. The Balaban J connectivity index is 1.73. The number of aliphatic hydroxyl groups excluding tert-OH is 1. The zero-order chi connectivity index (χ0) is 22.7. The number of Topliss-reactive ketones (excluding diaryl/α,β-unsaturated/α-hetero) is 1. The van der Waals surface area contributed by atoms with Crippen molar-refractivity contribution >= 4 is 17.4 Å². The molecule has 2 aromatic heterocycles. The number of hydrogen-bond donors (Lipinski definition) is 1. The molecule has 0 spiro atoms. The number of carbonyl (C=O) groups is 2. The molecule has 166 valence electrons. The first-order valence-corrected chi connectivity index (χ1v) is 10.0. The van der Waals surface area contributed by atoms with Crippen LogP contribution in [0.5, 0.6) is 11.5 Å². The molecule has 0 bridgehead atoms. The van der Waals surface area contributed by atoms with Crippen LogP contribution >= 0.6 is 0 Å². The van der Waals surface area contributed by atoms with E-state index < -0.39 is 17.7 Å². The van der Waals surface area contributed by atoms with Gasteiger partial charge in [-0.3, -0.25) is 9.59 Å². The molecule has 1 fully saturated rings. The average Bonchev–Trinajstić information content (AvgIpc) is 3.57. The molecule has 1 aliphatic rings. The van der Waals surface area contributed by atoms with Crippen molar-refractivity contribution < 1.29 is 28.6 Å². The highest BCUT2D eigenvalue weighted by atomic mass is 16.5. The summed E-state index contributed by atoms with van der Waals surface area (Å²) in [7, 11) is 2.96. The minimum Gasteiger partial charge on any atom is -0.507 e. The number of likely N-dealkylation sites (tertiary alicyclic amines) is 1. The van der Waals surface area contributed by atoms with E-state index in [-0.39, 0.29) is 16.9 Å². The standard InChI is InChI=1S/C23H23N3O6/c1-30-15-6-7-16(18(13-15)31-2)21(27)19-20(17-5-3-12-32-17)26(23(29)22(19)28)10-4-9-25-11-8-24-14-25/h3,5-8,11-14,20,27H,4,9-10H2,1-2H3/t20-/m1/s1. The van der Waals surface area contributed by atoms with Gasteiger partial charge in [0, 0.05) is 31.5 Å². The molecule has 1 atom stereocenters. The molecule has 3 heterocycles. The predicted octanol–water partition coefficient (Wildman–Crippen LogP) is 3.01. The minimum atomic E-state index is -0.848. The van der Waals surface area contributed by atoms with Gasteiger partial charge in [-0.05, 0) is 30.7 Å². The fourth-order valence-electron chi connectivity index (χ4n) is 3.84. The van der Waals surface area contributed by atoms with Gasteiger partial charge in [-0.15, -0.1) is 0 Å². The number of amides is 1. The van der Waals surface area contributed by atoms with Crippen LogP contribution in [0.3, 0.4) is 0 Å². The Morgan fingerprint density at radius 3 is 2.69 bits per heavy atom. The van der Waals surface area contributed by atoms with Gasteiger partial charge in [0.1, 0.15) is 29.1 Å². The SMILES string of the molecule is COc1ccc(C(O)=C2C(=O)C(=O)N(CCCn3ccnc3)[C@@H]2c2ccco2)c(OC)c1. The van der Waals surface area contributed by atoms with Crippen molar-refractivity contribution in [1.29, 1.82) is 0 Å². The molecule has 1 amide bonds. The van der Waals surface area contributed by atoms with E-state index in [1.807, 2.05) is 10.8 Å². The van der Waals surface area contributed by atoms with Gasteiger partial charge in [0.2, 0.25) is 0 Å². The molecule has 0 unspecified atom stereocenters. The minimum absolute atomic E-state index is 0.0453. The Labute approximate surface area is 184 Å². The monoisotopic (exact) mass is 437 g/mol. The van der Waals surface area contributed by atoms with Crippen LogP contribution in [0.25, 0.3) is 5.76 Å². The lowest BCUT2D eigenvalue weighted by Gasteiger charge is -2.23. The van der Waals surface area contributed by atoms with E-state index in [0.717, 1.165) is 0 Å². The number of furan rings is 1. The predicted molar refractivity (Wildman–Crippen MR) is 114 cm³/mol. The summed E-state index contributed by atoms with van der Waals surface area (Å²) >= 11 is 0. The van der Waals surface area contributed by atoms with Crippen molar-refractivity contribution in [2.24, 2.45) is 0 Å². The molecular formula is C23H23N3O6. The van der Waals surface area contributed by atoms with Crippen LogP contribution < -0.4 is 9.47 Å². The lowest BCUT2D eigenvalue weighted by Crippen LogP contribution is -2.31. The molecule has 0 saturated carbocycles. The van der Waals surface area contributed by atoms with Gasteiger partial charge in [0.15, 0.2) is 0 Å². The smallest absolute Gasteiger partial charge is 0.295 e. The maximum atomic E-state index is 13.0. The van der Waals surface area contributed by atoms with Crippen molar-refractivity contribution in [1.82, 2.24) is 14.5 Å². The maximum Gasteiger partial charge on any atom is 0.295 e. The number of aliphatic hydroxyl groups is 1. The first-order chi connectivity index (χ1) is 15.5. The van der Waals surface area contributed by atoms with Crippen molar-refractivity contribution in [2.45, 2.75) is 19.0 Å². The fourth-order valence-corrected chi connectivity index (χ4v) is 3.84. The van der Waals surface area contributed by atoms with Crippen LogP contribution in [0.1, 0.15) is 23.8 Å². The van der Waals surface area contributed by atoms with Gasteiger partial charge in [-0.2, -0.15) is 0 Å². The van der Waals surface area contributed by atoms with Crippen molar-refractivity contribution in [3.8, 4) is 11.5 Å². The maximum absolute atomic E-state index is 13.0. The summed E-state index contributed by atoms with van der Waals surface area (Å²) in [5.41, 5.74) is 0.234. The van der Waals surface area contributed by atoms with Gasteiger partial charge in [-0.25, -0.2) is 4.98 Å². The van der Waals surface area contributed by atoms with Crippen LogP contribution in [0.4, 0.5) is 0 Å². The van der Waals surface area contributed by atoms with Gasteiger partial charge < -0.3 is 28.5 Å². The van der Waals surface area contributed by atoms with E-state index in [2.05, 4.69) is 4.98 Å². The van der Waals surface area contributed by atoms with Crippen molar-refractivity contribution in [3.63, 3.8) is 0 Å². The van der Waals surface area contributed by atoms with Crippen LogP contribution in [0.2, 0.25) is 0 Å². The van der Waals surface area contributed by atoms with E-state index in [9.17, 15) is 14.7 Å². The number of ketones is 1. The molecule has 1 N–H and O–H groups in total. The first-order valence-electron chi connectivity index (χ1n) is 10.0. The third kappa shape index (κ3) is 3.84. The third-order valence-electron chi connectivity index (χ3n) is 5.39. The van der Waals surface area contributed by atoms with E-state index in [1.54, 1.807) is 42.9 Å². The summed E-state index contributed by atoms with van der Waals surface area (Å²) in [6.45, 7) is 0.921. The lowest BCUT2D eigenvalue weighted by atomic mass is 9.98. The summed E-state index contributed by atoms with van der Waals surface area (Å²) in [6, 6.07) is 7.32. The third-order valence-corrected chi connectivity index (χ3v) is 5.39. The number of benzene rings is 1. The highest BCUT2D eigenvalue weighted by Gasteiger charge is 2.47. The Morgan fingerprint density at radius 2 is 2.03 bits per heavy atom. The van der Waals surface area contributed by atoms with Crippen LogP contribution in [-0.2, 0) is 16.1 Å². The molecule has 4 rings (SSSR count). The molecule has 1 aromatic carbocycles. The Bertz CT molecular complexity index is 1130. The van der Waals surface area contributed by atoms with E-state index in [4.69, 9.17) is 13.9 Å². The van der Waals surface area contributed by atoms with Crippen LogP contribution in [0.15, 0.2) is 65.3 Å². The zero-order valence-corrected chi connectivity index (χ0v) is 17.7. The average molecular weight is 437 g/mol. The Morgan fingerprint density at radius 1 is 1.19 bits per heavy atom. The van der Waals surface area contributed by atoms with Gasteiger partial charge >= 0.3 is 0 Å². The first kappa shape index (κ1) is 21.2. The molecule has 9 nitrogen and oxygen atoms in total. The van der Waals surface area contributed by atoms with Gasteiger partial charge in [0.05, 0.1) is 37.9 Å². The molecule has 9 heteroatoms. The van der Waals surface area contributed by atoms with E-state index in [0.29, 0.717) is 36.8 Å². The number of carbonyl (C=O) groups excluding carboxylic acids is 2. The van der Waals surface area contributed by atoms with Crippen molar-refractivity contribution in [3.05, 3.63) is 72.2 Å². The molecule has 32 heavy (non-hydrogen) atoms. The summed E-state index contributed by atoms with van der Waals surface area (Å²) in [6.07, 6.45) is 7.25. The van der Waals surface area contributed by atoms with Crippen molar-refractivity contribution in [2.75, 3.05) is 20.8 Å². The topological polar surface area (TPSA) is 107 Å². The highest BCUT2D eigenvalue weighted by molar-refractivity contribution is 6.46. The number of methoxy groups -OCH3 is 2. The number of imidazole rings is 1. The number of hydrogen-bond acceptors (Lipinski definition) is 7. The molecule has 1 aliphatic heterocycles. The number of rotatable bonds is 8. The molecule has 0 radical (unpaired) electrons. The highest BCUT2D eigenvalue weighted by Crippen LogP contribution is 2.41. The quantitative estimate of drug-likeness (QED) is 0.328. The molecule has 3 aromatic rings. The Kier molecular flexibility index (Phi) is 5.98. The van der Waals surface area contributed by atoms with Gasteiger partial charge in [0.25, 0.3) is 11.7 Å². The number of aryl methyl sites for hydroxylation is 1.